The van der Waals surface area contributed by atoms with Gasteiger partial charge >= 0.3 is 6.18 Å². The third-order valence-corrected chi connectivity index (χ3v) is 7.64. The third kappa shape index (κ3) is 9.06. The Morgan fingerprint density at radius 2 is 0.914 bits per heavy atom. The average Bonchev–Trinajstić information content (AvgIpc) is 2.73. The van der Waals surface area contributed by atoms with Gasteiger partial charge in [0.1, 0.15) is 10.1 Å². The van der Waals surface area contributed by atoms with Crippen molar-refractivity contribution in [3.05, 3.63) is 89.5 Å². The Morgan fingerprint density at radius 1 is 0.600 bits per heavy atom. The summed E-state index contributed by atoms with van der Waals surface area (Å²) in [6.07, 6.45) is -4.54. The van der Waals surface area contributed by atoms with Crippen LogP contribution < -0.4 is 10.6 Å². The van der Waals surface area contributed by atoms with Crippen LogP contribution >= 0.6 is 8.58 Å². The van der Waals surface area contributed by atoms with E-state index in [1.807, 2.05) is 0 Å². The van der Waals surface area contributed by atoms with Crippen LogP contribution in [0.4, 0.5) is 13.2 Å². The van der Waals surface area contributed by atoms with Crippen molar-refractivity contribution in [1.82, 2.24) is 0 Å². The van der Waals surface area contributed by atoms with Crippen LogP contribution in [0.3, 0.4) is 0 Å². The first-order valence-corrected chi connectivity index (χ1v) is 13.6. The first-order chi connectivity index (χ1) is 15.9. The van der Waals surface area contributed by atoms with Crippen molar-refractivity contribution in [2.45, 2.75) is 63.4 Å². The van der Waals surface area contributed by atoms with Gasteiger partial charge in [0.2, 0.25) is 0 Å². The van der Waals surface area contributed by atoms with Gasteiger partial charge in [-0.3, -0.25) is 0 Å². The topological polar surface area (TPSA) is 57.2 Å². The number of rotatable bonds is 3. The first-order valence-electron chi connectivity index (χ1n) is 11.1. The van der Waals surface area contributed by atoms with Crippen molar-refractivity contribution in [2.75, 3.05) is 0 Å². The van der Waals surface area contributed by atoms with E-state index in [9.17, 15) is 26.1 Å². The largest absolute Gasteiger partial charge is 0.744 e. The van der Waals surface area contributed by atoms with Crippen molar-refractivity contribution in [2.24, 2.45) is 0 Å². The molecule has 0 heterocycles. The number of benzene rings is 3. The molecule has 0 aliphatic heterocycles. The van der Waals surface area contributed by atoms with E-state index >= 15 is 0 Å². The third-order valence-electron chi connectivity index (χ3n) is 5.36. The van der Waals surface area contributed by atoms with Crippen LogP contribution in [0.25, 0.3) is 0 Å². The molecule has 0 aromatic heterocycles. The van der Waals surface area contributed by atoms with E-state index in [1.54, 1.807) is 0 Å². The van der Waals surface area contributed by atoms with Crippen LogP contribution in [0.2, 0.25) is 0 Å². The second-order valence-corrected chi connectivity index (χ2v) is 13.4. The molecule has 190 valence electrons. The fourth-order valence-corrected chi connectivity index (χ4v) is 4.79. The van der Waals surface area contributed by atoms with Gasteiger partial charge in [-0.1, -0.05) is 65.8 Å². The summed E-state index contributed by atoms with van der Waals surface area (Å²) in [6, 6.07) is 20.7. The van der Waals surface area contributed by atoms with E-state index in [0.29, 0.717) is 24.3 Å². The summed E-state index contributed by atoms with van der Waals surface area (Å²) in [5, 5.41) is 2.93. The molecular formula is C27H32F3O3PS. The predicted molar refractivity (Wildman–Crippen MR) is 139 cm³/mol. The monoisotopic (exact) mass is 524 g/mol. The zero-order valence-electron chi connectivity index (χ0n) is 20.8. The van der Waals surface area contributed by atoms with Crippen molar-refractivity contribution in [1.29, 1.82) is 0 Å². The van der Waals surface area contributed by atoms with E-state index in [2.05, 4.69) is 90.1 Å². The Balaban J connectivity index is 0.000000269. The maximum atomic E-state index is 12.0. The molecule has 3 aromatic rings. The predicted octanol–water partition coefficient (Wildman–Crippen LogP) is 6.25. The van der Waals surface area contributed by atoms with Crippen LogP contribution in [0, 0.1) is 0 Å². The van der Waals surface area contributed by atoms with Gasteiger partial charge in [-0.15, -0.1) is 0 Å². The molecule has 0 unspecified atom stereocenters. The van der Waals surface area contributed by atoms with Crippen LogP contribution in [-0.4, -0.2) is 13.0 Å². The van der Waals surface area contributed by atoms with Crippen molar-refractivity contribution in [3.63, 3.8) is 0 Å². The SMILES string of the molecule is CC(C)(C)c1ccc([PH2+]c2ccc(C(C)(C)C)cc2)cc1.O=S(=O)([O-])c1ccc(C(F)(F)F)cc1. The molecule has 3 rings (SSSR count). The van der Waals surface area contributed by atoms with Crippen LogP contribution in [0.5, 0.6) is 0 Å². The molecule has 0 bridgehead atoms. The van der Waals surface area contributed by atoms with Gasteiger partial charge in [0, 0.05) is 0 Å². The number of hydrogen-bond acceptors (Lipinski definition) is 3. The van der Waals surface area contributed by atoms with Gasteiger partial charge in [0.25, 0.3) is 0 Å². The quantitative estimate of drug-likeness (QED) is 0.301. The van der Waals surface area contributed by atoms with Gasteiger partial charge in [-0.05, 0) is 70.5 Å². The highest BCUT2D eigenvalue weighted by atomic mass is 32.2. The fourth-order valence-electron chi connectivity index (χ4n) is 3.16. The highest BCUT2D eigenvalue weighted by Gasteiger charge is 2.30. The minimum atomic E-state index is -4.68. The smallest absolute Gasteiger partial charge is 0.416 e. The molecule has 0 N–H and O–H groups in total. The second-order valence-electron chi connectivity index (χ2n) is 10.4. The van der Waals surface area contributed by atoms with Crippen LogP contribution in [0.1, 0.15) is 58.2 Å². The molecule has 0 radical (unpaired) electrons. The second kappa shape index (κ2) is 10.8. The molecule has 0 aliphatic rings. The van der Waals surface area contributed by atoms with Crippen LogP contribution in [0.15, 0.2) is 77.7 Å². The van der Waals surface area contributed by atoms with Gasteiger partial charge in [0.05, 0.1) is 29.6 Å². The minimum Gasteiger partial charge on any atom is -0.744 e. The van der Waals surface area contributed by atoms with Gasteiger partial charge in [-0.2, -0.15) is 13.2 Å². The maximum absolute atomic E-state index is 12.0. The zero-order chi connectivity index (χ0) is 26.7. The lowest BCUT2D eigenvalue weighted by molar-refractivity contribution is -0.137. The molecule has 0 amide bonds. The molecule has 3 aromatic carbocycles. The summed E-state index contributed by atoms with van der Waals surface area (Å²) in [5.41, 5.74) is 2.30. The summed E-state index contributed by atoms with van der Waals surface area (Å²) in [7, 11) is -4.49. The molecule has 0 atom stereocenters. The summed E-state index contributed by atoms with van der Waals surface area (Å²) in [5.74, 6) is 0. The molecule has 0 aliphatic carbocycles. The average molecular weight is 525 g/mol. The Morgan fingerprint density at radius 3 is 1.17 bits per heavy atom. The highest BCUT2D eigenvalue weighted by Crippen LogP contribution is 2.29. The first kappa shape index (κ1) is 29.0. The highest BCUT2D eigenvalue weighted by molar-refractivity contribution is 7.85. The van der Waals surface area contributed by atoms with Gasteiger partial charge in [0.15, 0.2) is 0 Å². The molecule has 0 saturated carbocycles. The Kier molecular flexibility index (Phi) is 8.97. The zero-order valence-corrected chi connectivity index (χ0v) is 22.7. The van der Waals surface area contributed by atoms with Crippen molar-refractivity contribution < 1.29 is 26.1 Å². The normalized spacial score (nSPS) is 12.6. The van der Waals surface area contributed by atoms with E-state index in [1.165, 1.54) is 21.7 Å². The van der Waals surface area contributed by atoms with Gasteiger partial charge < -0.3 is 4.55 Å². The molecule has 35 heavy (non-hydrogen) atoms. The number of alkyl halides is 3. The van der Waals surface area contributed by atoms with Gasteiger partial charge in [-0.25, -0.2) is 8.42 Å². The van der Waals surface area contributed by atoms with E-state index < -0.39 is 26.8 Å². The standard InChI is InChI=1S/C20H27P.C7H5F3O3S/c1-19(2,3)15-7-11-17(12-8-15)21-18-13-9-16(10-14-18)20(4,5)6;8-7(9,10)5-1-3-6(4-2-5)14(11,12)13/h7-14,21H,1-6H3;1-4H,(H,11,12,13). The summed E-state index contributed by atoms with van der Waals surface area (Å²) in [6.45, 7) is 13.6. The fraction of sp³-hybridized carbons (Fsp3) is 0.333. The maximum Gasteiger partial charge on any atom is 0.416 e. The summed E-state index contributed by atoms with van der Waals surface area (Å²) < 4.78 is 67.0. The Labute approximate surface area is 208 Å². The number of halogens is 3. The lowest BCUT2D eigenvalue weighted by Crippen LogP contribution is -2.13. The molecule has 3 nitrogen and oxygen atoms in total. The summed E-state index contributed by atoms with van der Waals surface area (Å²) in [4.78, 5) is -0.675. The lowest BCUT2D eigenvalue weighted by Gasteiger charge is -2.19. The van der Waals surface area contributed by atoms with E-state index in [4.69, 9.17) is 0 Å². The number of hydrogen-bond donors (Lipinski definition) is 0. The molecule has 0 fully saturated rings. The Hall–Kier alpha value is -2.21. The molecule has 8 heteroatoms. The van der Waals surface area contributed by atoms with Crippen LogP contribution in [-0.2, 0) is 27.1 Å². The van der Waals surface area contributed by atoms with E-state index in [-0.39, 0.29) is 19.4 Å². The molecule has 0 spiro atoms. The Bertz CT molecular complexity index is 1150. The van der Waals surface area contributed by atoms with Crippen molar-refractivity contribution in [3.8, 4) is 0 Å². The van der Waals surface area contributed by atoms with E-state index in [0.717, 1.165) is 0 Å². The minimum absolute atomic E-state index is 0.191. The lowest BCUT2D eigenvalue weighted by atomic mass is 9.87. The molecule has 0 saturated heterocycles. The van der Waals surface area contributed by atoms with Crippen molar-refractivity contribution >= 4 is 29.3 Å². The summed E-state index contributed by atoms with van der Waals surface area (Å²) >= 11 is 0. The molecular weight excluding hydrogens is 492 g/mol.